The van der Waals surface area contributed by atoms with E-state index < -0.39 is 0 Å². The summed E-state index contributed by atoms with van der Waals surface area (Å²) in [7, 11) is 1.71. The summed E-state index contributed by atoms with van der Waals surface area (Å²) in [6, 6.07) is 14.1. The third-order valence-electron chi connectivity index (χ3n) is 4.56. The van der Waals surface area contributed by atoms with Crippen molar-refractivity contribution in [1.29, 1.82) is 0 Å². The molecule has 1 aliphatic heterocycles. The molecule has 1 aromatic carbocycles. The van der Waals surface area contributed by atoms with E-state index in [2.05, 4.69) is 37.5 Å². The van der Waals surface area contributed by atoms with E-state index in [1.54, 1.807) is 24.6 Å². The van der Waals surface area contributed by atoms with Gasteiger partial charge in [-0.15, -0.1) is 10.2 Å². The summed E-state index contributed by atoms with van der Waals surface area (Å²) in [4.78, 5) is 6.73. The average molecular weight is 367 g/mol. The highest BCUT2D eigenvalue weighted by molar-refractivity contribution is 7.18. The van der Waals surface area contributed by atoms with Gasteiger partial charge >= 0.3 is 0 Å². The molecule has 1 unspecified atom stereocenters. The molecule has 6 nitrogen and oxygen atoms in total. The van der Waals surface area contributed by atoms with Crippen molar-refractivity contribution < 1.29 is 4.74 Å². The SMILES string of the molecule is COc1cccc(N2CCC(CNc3nnc(-c4ccccn4)s3)C2)c1. The van der Waals surface area contributed by atoms with Crippen molar-refractivity contribution in [2.45, 2.75) is 6.42 Å². The van der Waals surface area contributed by atoms with E-state index in [1.807, 2.05) is 30.3 Å². The number of hydrogen-bond donors (Lipinski definition) is 1. The van der Waals surface area contributed by atoms with Gasteiger partial charge in [0.05, 0.1) is 7.11 Å². The van der Waals surface area contributed by atoms with Crippen molar-refractivity contribution in [3.63, 3.8) is 0 Å². The van der Waals surface area contributed by atoms with Gasteiger partial charge < -0.3 is 15.0 Å². The highest BCUT2D eigenvalue weighted by atomic mass is 32.1. The van der Waals surface area contributed by atoms with Crippen LogP contribution in [0.1, 0.15) is 6.42 Å². The van der Waals surface area contributed by atoms with Gasteiger partial charge in [-0.3, -0.25) is 4.98 Å². The van der Waals surface area contributed by atoms with Crippen LogP contribution in [0.2, 0.25) is 0 Å². The van der Waals surface area contributed by atoms with Crippen LogP contribution in [0, 0.1) is 5.92 Å². The zero-order valence-corrected chi connectivity index (χ0v) is 15.4. The number of nitrogens with one attached hydrogen (secondary N) is 1. The number of nitrogens with zero attached hydrogens (tertiary/aromatic N) is 4. The molecule has 26 heavy (non-hydrogen) atoms. The second-order valence-electron chi connectivity index (χ2n) is 6.31. The number of anilines is 2. The fraction of sp³-hybridized carbons (Fsp3) is 0.316. The van der Waals surface area contributed by atoms with Crippen LogP contribution in [0.15, 0.2) is 48.7 Å². The molecule has 0 spiro atoms. The minimum atomic E-state index is 0.586. The molecule has 0 amide bonds. The Balaban J connectivity index is 1.33. The number of pyridine rings is 1. The normalized spacial score (nSPS) is 16.7. The van der Waals surface area contributed by atoms with E-state index in [0.29, 0.717) is 5.92 Å². The Morgan fingerprint density at radius 1 is 1.23 bits per heavy atom. The first kappa shape index (κ1) is 16.8. The van der Waals surface area contributed by atoms with E-state index in [9.17, 15) is 0 Å². The Morgan fingerprint density at radius 3 is 3.04 bits per heavy atom. The van der Waals surface area contributed by atoms with Crippen molar-refractivity contribution in [3.8, 4) is 16.5 Å². The van der Waals surface area contributed by atoms with Crippen LogP contribution in [-0.2, 0) is 0 Å². The van der Waals surface area contributed by atoms with Crippen LogP contribution in [0.25, 0.3) is 10.7 Å². The van der Waals surface area contributed by atoms with Gasteiger partial charge in [0, 0.05) is 37.6 Å². The van der Waals surface area contributed by atoms with Gasteiger partial charge in [-0.1, -0.05) is 23.5 Å². The molecule has 1 atom stereocenters. The molecule has 1 saturated heterocycles. The maximum absolute atomic E-state index is 5.33. The first-order chi connectivity index (χ1) is 12.8. The second-order valence-corrected chi connectivity index (χ2v) is 7.29. The van der Waals surface area contributed by atoms with Gasteiger partial charge in [0.15, 0.2) is 5.01 Å². The smallest absolute Gasteiger partial charge is 0.206 e. The van der Waals surface area contributed by atoms with Gasteiger partial charge in [-0.25, -0.2) is 0 Å². The van der Waals surface area contributed by atoms with Crippen molar-refractivity contribution in [1.82, 2.24) is 15.2 Å². The van der Waals surface area contributed by atoms with E-state index in [0.717, 1.165) is 47.6 Å². The number of ether oxygens (including phenoxy) is 1. The van der Waals surface area contributed by atoms with Gasteiger partial charge in [0.1, 0.15) is 11.4 Å². The standard InChI is InChI=1S/C19H21N5OS/c1-25-16-6-4-5-15(11-16)24-10-8-14(13-24)12-21-19-23-22-18(26-19)17-7-2-3-9-20-17/h2-7,9,11,14H,8,10,12-13H2,1H3,(H,21,23). The van der Waals surface area contributed by atoms with Crippen molar-refractivity contribution in [2.24, 2.45) is 5.92 Å². The molecule has 7 heteroatoms. The van der Waals surface area contributed by atoms with Crippen molar-refractivity contribution >= 4 is 22.2 Å². The Hall–Kier alpha value is -2.67. The fourth-order valence-electron chi connectivity index (χ4n) is 3.16. The number of rotatable bonds is 6. The molecule has 3 aromatic rings. The van der Waals surface area contributed by atoms with Gasteiger partial charge in [0.25, 0.3) is 0 Å². The Bertz CT molecular complexity index is 854. The first-order valence-corrected chi connectivity index (χ1v) is 9.51. The summed E-state index contributed by atoms with van der Waals surface area (Å²) >= 11 is 1.55. The third-order valence-corrected chi connectivity index (χ3v) is 5.46. The molecular formula is C19H21N5OS. The second kappa shape index (κ2) is 7.70. The van der Waals surface area contributed by atoms with E-state index in [-0.39, 0.29) is 0 Å². The lowest BCUT2D eigenvalue weighted by atomic mass is 10.1. The minimum Gasteiger partial charge on any atom is -0.497 e. The summed E-state index contributed by atoms with van der Waals surface area (Å²) in [5.74, 6) is 1.49. The summed E-state index contributed by atoms with van der Waals surface area (Å²) in [5.41, 5.74) is 2.09. The zero-order valence-electron chi connectivity index (χ0n) is 14.6. The summed E-state index contributed by atoms with van der Waals surface area (Å²) in [6.07, 6.45) is 2.94. The molecule has 1 N–H and O–H groups in total. The lowest BCUT2D eigenvalue weighted by molar-refractivity contribution is 0.415. The number of benzene rings is 1. The highest BCUT2D eigenvalue weighted by Crippen LogP contribution is 2.28. The molecule has 0 aliphatic carbocycles. The molecule has 1 fully saturated rings. The topological polar surface area (TPSA) is 63.2 Å². The summed E-state index contributed by atoms with van der Waals surface area (Å²) < 4.78 is 5.33. The highest BCUT2D eigenvalue weighted by Gasteiger charge is 2.23. The van der Waals surface area contributed by atoms with Gasteiger partial charge in [0.2, 0.25) is 5.13 Å². The molecule has 3 heterocycles. The Morgan fingerprint density at radius 2 is 2.19 bits per heavy atom. The Labute approximate surface area is 156 Å². The number of aromatic nitrogens is 3. The third kappa shape index (κ3) is 3.77. The van der Waals surface area contributed by atoms with Crippen LogP contribution < -0.4 is 15.0 Å². The van der Waals surface area contributed by atoms with E-state index in [4.69, 9.17) is 4.74 Å². The van der Waals surface area contributed by atoms with Gasteiger partial charge in [-0.2, -0.15) is 0 Å². The minimum absolute atomic E-state index is 0.586. The van der Waals surface area contributed by atoms with E-state index in [1.165, 1.54) is 5.69 Å². The van der Waals surface area contributed by atoms with Crippen molar-refractivity contribution in [3.05, 3.63) is 48.7 Å². The largest absolute Gasteiger partial charge is 0.497 e. The maximum Gasteiger partial charge on any atom is 0.206 e. The molecular weight excluding hydrogens is 346 g/mol. The summed E-state index contributed by atoms with van der Waals surface area (Å²) in [5, 5.41) is 13.6. The number of methoxy groups -OCH3 is 1. The monoisotopic (exact) mass is 367 g/mol. The lowest BCUT2D eigenvalue weighted by Gasteiger charge is -2.19. The lowest BCUT2D eigenvalue weighted by Crippen LogP contribution is -2.22. The number of hydrogen-bond acceptors (Lipinski definition) is 7. The van der Waals surface area contributed by atoms with Gasteiger partial charge in [-0.05, 0) is 36.6 Å². The summed E-state index contributed by atoms with van der Waals surface area (Å²) in [6.45, 7) is 3.00. The molecule has 4 rings (SSSR count). The Kier molecular flexibility index (Phi) is 4.97. The van der Waals surface area contributed by atoms with Crippen LogP contribution in [0.3, 0.4) is 0 Å². The quantitative estimate of drug-likeness (QED) is 0.719. The fourth-order valence-corrected chi connectivity index (χ4v) is 3.89. The maximum atomic E-state index is 5.33. The predicted molar refractivity (Wildman–Crippen MR) is 105 cm³/mol. The van der Waals surface area contributed by atoms with Crippen LogP contribution in [0.5, 0.6) is 5.75 Å². The molecule has 2 aromatic heterocycles. The van der Waals surface area contributed by atoms with E-state index >= 15 is 0 Å². The molecule has 0 saturated carbocycles. The van der Waals surface area contributed by atoms with Crippen LogP contribution in [0.4, 0.5) is 10.8 Å². The molecule has 0 radical (unpaired) electrons. The average Bonchev–Trinajstić information content (AvgIpc) is 3.37. The van der Waals surface area contributed by atoms with Crippen LogP contribution >= 0.6 is 11.3 Å². The zero-order chi connectivity index (χ0) is 17.8. The molecule has 0 bridgehead atoms. The molecule has 134 valence electrons. The van der Waals surface area contributed by atoms with Crippen LogP contribution in [-0.4, -0.2) is 41.9 Å². The first-order valence-electron chi connectivity index (χ1n) is 8.69. The molecule has 1 aliphatic rings. The van der Waals surface area contributed by atoms with Crippen molar-refractivity contribution in [2.75, 3.05) is 37.0 Å². The predicted octanol–water partition coefficient (Wildman–Crippen LogP) is 3.55.